The van der Waals surface area contributed by atoms with Gasteiger partial charge in [0.1, 0.15) is 16.2 Å². The topological polar surface area (TPSA) is 75.2 Å². The van der Waals surface area contributed by atoms with Crippen molar-refractivity contribution >= 4 is 56.5 Å². The molecular formula is C20H20N4O2S2. The van der Waals surface area contributed by atoms with Crippen LogP contribution in [0.4, 0.5) is 11.4 Å². The first-order valence-electron chi connectivity index (χ1n) is 9.14. The van der Waals surface area contributed by atoms with Crippen LogP contribution in [0.25, 0.3) is 10.2 Å². The van der Waals surface area contributed by atoms with Crippen molar-refractivity contribution in [2.75, 3.05) is 16.0 Å². The molecule has 0 bridgehead atoms. The molecule has 0 saturated heterocycles. The van der Waals surface area contributed by atoms with Gasteiger partial charge in [-0.3, -0.25) is 9.59 Å². The molecule has 0 spiro atoms. The number of carbonyl (C=O) groups excluding carboxylic acids is 2. The van der Waals surface area contributed by atoms with Crippen LogP contribution in [0.15, 0.2) is 41.7 Å². The van der Waals surface area contributed by atoms with Gasteiger partial charge in [0.2, 0.25) is 11.8 Å². The maximum Gasteiger partial charge on any atom is 0.237 e. The van der Waals surface area contributed by atoms with E-state index >= 15 is 0 Å². The number of anilines is 2. The second kappa shape index (κ2) is 7.89. The summed E-state index contributed by atoms with van der Waals surface area (Å²) in [6.07, 6.45) is 2.78. The number of nitrogens with one attached hydrogen (secondary N) is 1. The number of hydrogen-bond acceptors (Lipinski definition) is 6. The van der Waals surface area contributed by atoms with Gasteiger partial charge in [-0.2, -0.15) is 0 Å². The van der Waals surface area contributed by atoms with Crippen LogP contribution in [0.5, 0.6) is 0 Å². The van der Waals surface area contributed by atoms with E-state index in [1.807, 2.05) is 31.2 Å². The van der Waals surface area contributed by atoms with E-state index in [4.69, 9.17) is 0 Å². The lowest BCUT2D eigenvalue weighted by Gasteiger charge is -2.27. The largest absolute Gasteiger partial charge is 0.324 e. The minimum Gasteiger partial charge on any atom is -0.324 e. The third kappa shape index (κ3) is 3.62. The van der Waals surface area contributed by atoms with Crippen molar-refractivity contribution in [1.29, 1.82) is 0 Å². The third-order valence-electron chi connectivity index (χ3n) is 4.65. The van der Waals surface area contributed by atoms with E-state index in [1.54, 1.807) is 22.6 Å². The lowest BCUT2D eigenvalue weighted by Crippen LogP contribution is -2.40. The van der Waals surface area contributed by atoms with Gasteiger partial charge in [-0.05, 0) is 31.5 Å². The second-order valence-electron chi connectivity index (χ2n) is 6.63. The average Bonchev–Trinajstić information content (AvgIpc) is 3.06. The van der Waals surface area contributed by atoms with Crippen molar-refractivity contribution < 1.29 is 9.59 Å². The quantitative estimate of drug-likeness (QED) is 0.516. The Balaban J connectivity index is 1.58. The molecule has 1 N–H and O–H groups in total. The fourth-order valence-corrected chi connectivity index (χ4v) is 5.17. The summed E-state index contributed by atoms with van der Waals surface area (Å²) in [6, 6.07) is 9.32. The molecule has 0 saturated carbocycles. The molecule has 8 heteroatoms. The van der Waals surface area contributed by atoms with Crippen molar-refractivity contribution in [3.8, 4) is 0 Å². The summed E-state index contributed by atoms with van der Waals surface area (Å²) in [7, 11) is 0. The number of carbonyl (C=O) groups is 2. The van der Waals surface area contributed by atoms with Gasteiger partial charge in [0, 0.05) is 22.7 Å². The van der Waals surface area contributed by atoms with Gasteiger partial charge in [-0.25, -0.2) is 9.97 Å². The normalized spacial score (nSPS) is 16.6. The molecule has 1 atom stereocenters. The second-order valence-corrected chi connectivity index (χ2v) is 8.71. The molecule has 0 aliphatic carbocycles. The SMILES string of the molecule is CCc1cc2c(SCC(=O)N3c4ccccc4NC(=O)C[C@@H]3C)ncnc2s1. The zero-order chi connectivity index (χ0) is 19.7. The third-order valence-corrected chi connectivity index (χ3v) is 6.83. The van der Waals surface area contributed by atoms with Crippen LogP contribution in [-0.4, -0.2) is 33.6 Å². The van der Waals surface area contributed by atoms with Crippen LogP contribution in [0, 0.1) is 0 Å². The number of amides is 2. The van der Waals surface area contributed by atoms with Crippen LogP contribution in [0.3, 0.4) is 0 Å². The number of hydrogen-bond donors (Lipinski definition) is 1. The van der Waals surface area contributed by atoms with Crippen LogP contribution < -0.4 is 10.2 Å². The Hall–Kier alpha value is -2.45. The predicted octanol–water partition coefficient (Wildman–Crippen LogP) is 4.11. The molecule has 0 fully saturated rings. The summed E-state index contributed by atoms with van der Waals surface area (Å²) in [5.74, 6) is 0.126. The molecule has 1 aromatic carbocycles. The van der Waals surface area contributed by atoms with E-state index in [9.17, 15) is 9.59 Å². The van der Waals surface area contributed by atoms with E-state index in [2.05, 4.69) is 28.3 Å². The highest BCUT2D eigenvalue weighted by molar-refractivity contribution is 8.00. The van der Waals surface area contributed by atoms with Gasteiger partial charge in [0.15, 0.2) is 0 Å². The Kier molecular flexibility index (Phi) is 5.32. The summed E-state index contributed by atoms with van der Waals surface area (Å²) >= 11 is 3.08. The monoisotopic (exact) mass is 412 g/mol. The van der Waals surface area contributed by atoms with E-state index in [0.29, 0.717) is 5.69 Å². The summed E-state index contributed by atoms with van der Waals surface area (Å²) in [5, 5.41) is 4.71. The Labute approximate surface area is 171 Å². The highest BCUT2D eigenvalue weighted by atomic mass is 32.2. The molecule has 144 valence electrons. The van der Waals surface area contributed by atoms with E-state index in [-0.39, 0.29) is 30.0 Å². The summed E-state index contributed by atoms with van der Waals surface area (Å²) < 4.78 is 0. The summed E-state index contributed by atoms with van der Waals surface area (Å²) in [4.78, 5) is 37.9. The van der Waals surface area contributed by atoms with Crippen molar-refractivity contribution in [2.45, 2.75) is 37.8 Å². The molecule has 3 aromatic rings. The molecule has 4 rings (SSSR count). The Morgan fingerprint density at radius 1 is 1.36 bits per heavy atom. The van der Waals surface area contributed by atoms with Crippen molar-refractivity contribution in [1.82, 2.24) is 9.97 Å². The molecular weight excluding hydrogens is 392 g/mol. The Bertz CT molecular complexity index is 1050. The number of thiophene rings is 1. The molecule has 0 unspecified atom stereocenters. The molecule has 2 aromatic heterocycles. The first kappa shape index (κ1) is 18.9. The van der Waals surface area contributed by atoms with E-state index in [1.165, 1.54) is 16.6 Å². The number of para-hydroxylation sites is 2. The number of aromatic nitrogens is 2. The lowest BCUT2D eigenvalue weighted by atomic mass is 10.2. The fraction of sp³-hybridized carbons (Fsp3) is 0.300. The summed E-state index contributed by atoms with van der Waals surface area (Å²) in [6.45, 7) is 4.02. The van der Waals surface area contributed by atoms with Gasteiger partial charge in [0.05, 0.1) is 17.1 Å². The van der Waals surface area contributed by atoms with Crippen LogP contribution >= 0.6 is 23.1 Å². The summed E-state index contributed by atoms with van der Waals surface area (Å²) in [5.41, 5.74) is 1.41. The first-order valence-corrected chi connectivity index (χ1v) is 10.9. The smallest absolute Gasteiger partial charge is 0.237 e. The Morgan fingerprint density at radius 2 is 2.18 bits per heavy atom. The fourth-order valence-electron chi connectivity index (χ4n) is 3.34. The molecule has 0 radical (unpaired) electrons. The van der Waals surface area contributed by atoms with Gasteiger partial charge in [0.25, 0.3) is 0 Å². The van der Waals surface area contributed by atoms with Gasteiger partial charge >= 0.3 is 0 Å². The van der Waals surface area contributed by atoms with E-state index < -0.39 is 0 Å². The molecule has 3 heterocycles. The minimum absolute atomic E-state index is 0.0424. The Morgan fingerprint density at radius 3 is 3.00 bits per heavy atom. The van der Waals surface area contributed by atoms with Gasteiger partial charge < -0.3 is 10.2 Å². The molecule has 1 aliphatic rings. The highest BCUT2D eigenvalue weighted by Crippen LogP contribution is 2.34. The first-order chi connectivity index (χ1) is 13.6. The molecule has 2 amide bonds. The lowest BCUT2D eigenvalue weighted by molar-refractivity contribution is -0.117. The zero-order valence-electron chi connectivity index (χ0n) is 15.6. The van der Waals surface area contributed by atoms with Crippen LogP contribution in [-0.2, 0) is 16.0 Å². The number of fused-ring (bicyclic) bond motifs is 2. The van der Waals surface area contributed by atoms with Crippen LogP contribution in [0.1, 0.15) is 25.1 Å². The molecule has 28 heavy (non-hydrogen) atoms. The average molecular weight is 413 g/mol. The van der Waals surface area contributed by atoms with Crippen molar-refractivity contribution in [3.05, 3.63) is 41.5 Å². The molecule has 1 aliphatic heterocycles. The predicted molar refractivity (Wildman–Crippen MR) is 114 cm³/mol. The van der Waals surface area contributed by atoms with Crippen LogP contribution in [0.2, 0.25) is 0 Å². The number of thioether (sulfide) groups is 1. The maximum atomic E-state index is 13.1. The van der Waals surface area contributed by atoms with E-state index in [0.717, 1.165) is 27.4 Å². The minimum atomic E-state index is -0.213. The number of aryl methyl sites for hydroxylation is 1. The highest BCUT2D eigenvalue weighted by Gasteiger charge is 2.29. The number of benzene rings is 1. The number of rotatable bonds is 4. The van der Waals surface area contributed by atoms with Crippen molar-refractivity contribution in [2.24, 2.45) is 0 Å². The zero-order valence-corrected chi connectivity index (χ0v) is 17.3. The van der Waals surface area contributed by atoms with Gasteiger partial charge in [-0.1, -0.05) is 30.8 Å². The van der Waals surface area contributed by atoms with Crippen molar-refractivity contribution in [3.63, 3.8) is 0 Å². The van der Waals surface area contributed by atoms with Gasteiger partial charge in [-0.15, -0.1) is 11.3 Å². The standard InChI is InChI=1S/C20H20N4O2S2/c1-3-13-9-14-19(21-11-22-20(14)28-13)27-10-18(26)24-12(2)8-17(25)23-15-6-4-5-7-16(15)24/h4-7,9,11-12H,3,8,10H2,1-2H3,(H,23,25)/t12-/m0/s1. The number of nitrogens with zero attached hydrogens (tertiary/aromatic N) is 3. The maximum absolute atomic E-state index is 13.1. The molecule has 6 nitrogen and oxygen atoms in total.